The average Bonchev–Trinajstić information content (AvgIpc) is 2.76. The normalized spacial score (nSPS) is 15.0. The van der Waals surface area contributed by atoms with Gasteiger partial charge in [-0.15, -0.1) is 0 Å². The number of anilines is 1. The van der Waals surface area contributed by atoms with Gasteiger partial charge in [-0.05, 0) is 35.9 Å². The molecule has 0 heterocycles. The molecule has 0 atom stereocenters. The lowest BCUT2D eigenvalue weighted by Crippen LogP contribution is -2.75. The van der Waals surface area contributed by atoms with E-state index in [1.54, 1.807) is 0 Å². The Balaban J connectivity index is 3.49. The first kappa shape index (κ1) is 36.3. The summed E-state index contributed by atoms with van der Waals surface area (Å²) in [5, 5.41) is -6.28. The van der Waals surface area contributed by atoms with E-state index in [4.69, 9.17) is 0 Å². The Morgan fingerprint density at radius 2 is 0.976 bits per heavy atom. The molecule has 6 nitrogen and oxygen atoms in total. The molecule has 1 rings (SSSR count). The summed E-state index contributed by atoms with van der Waals surface area (Å²) in [6, 6.07) is 1.21. The Bertz CT molecular complexity index is 1280. The van der Waals surface area contributed by atoms with Crippen LogP contribution >= 0.6 is 11.6 Å². The van der Waals surface area contributed by atoms with Crippen LogP contribution in [0, 0.1) is 0 Å². The fourth-order valence-electron chi connectivity index (χ4n) is 2.48. The van der Waals surface area contributed by atoms with Crippen LogP contribution < -0.4 is 10.0 Å². The number of benzene rings is 1. The van der Waals surface area contributed by atoms with E-state index in [1.165, 1.54) is 4.72 Å². The Kier molecular flexibility index (Phi) is 9.05. The van der Waals surface area contributed by atoms with E-state index in [0.29, 0.717) is 24.4 Å². The highest BCUT2D eigenvalue weighted by atomic mass is 35.5. The third kappa shape index (κ3) is 5.57. The Hall–Kier alpha value is -2.72. The van der Waals surface area contributed by atoms with Gasteiger partial charge in [0.1, 0.15) is 0 Å². The second-order valence-corrected chi connectivity index (χ2v) is 9.82. The zero-order valence-electron chi connectivity index (χ0n) is 18.8. The molecule has 0 aromatic heterocycles. The molecule has 0 aliphatic carbocycles. The molecule has 41 heavy (non-hydrogen) atoms. The number of rotatable bonds is 11. The number of alkyl halides is 17. The number of amides is 2. The van der Waals surface area contributed by atoms with Gasteiger partial charge in [0.15, 0.2) is 0 Å². The average molecular weight is 677 g/mol. The van der Waals surface area contributed by atoms with Gasteiger partial charge >= 0.3 is 52.7 Å². The van der Waals surface area contributed by atoms with Gasteiger partial charge in [-0.2, -0.15) is 70.2 Å². The van der Waals surface area contributed by atoms with Crippen LogP contribution in [0.3, 0.4) is 0 Å². The van der Waals surface area contributed by atoms with Crippen molar-refractivity contribution < 1.29 is 88.3 Å². The Morgan fingerprint density at radius 1 is 0.634 bits per heavy atom. The predicted molar refractivity (Wildman–Crippen MR) is 102 cm³/mol. The number of nitrogens with one attached hydrogen (secondary N) is 2. The summed E-state index contributed by atoms with van der Waals surface area (Å²) in [7, 11) is -4.64. The topological polar surface area (TPSA) is 92.3 Å². The van der Waals surface area contributed by atoms with Gasteiger partial charge in [0.25, 0.3) is 10.0 Å². The van der Waals surface area contributed by atoms with Gasteiger partial charge < -0.3 is 5.32 Å². The quantitative estimate of drug-likeness (QED) is 0.232. The molecule has 0 saturated heterocycles. The van der Waals surface area contributed by atoms with Crippen molar-refractivity contribution in [3.63, 3.8) is 0 Å². The molecule has 2 amide bonds. The lowest BCUT2D eigenvalue weighted by Gasteiger charge is -2.42. The van der Waals surface area contributed by atoms with Gasteiger partial charge in [-0.25, -0.2) is 13.1 Å². The first-order valence-electron chi connectivity index (χ1n) is 9.43. The van der Waals surface area contributed by atoms with Crippen LogP contribution in [0.2, 0.25) is 0 Å². The summed E-state index contributed by atoms with van der Waals surface area (Å²) in [6.45, 7) is 0.712. The molecule has 0 aliphatic heterocycles. The highest BCUT2D eigenvalue weighted by Gasteiger charge is 2.95. The smallest absolute Gasteiger partial charge is 0.321 e. The SMILES string of the molecule is CC(=O)NS(=O)(=O)c1ccc(NC(=O)C(F)(F)C(F)(F)C(F)(F)C(F)(F)C(F)(F)C(F)(F)C(F)(F)C(F)(F)Cl)cc1. The van der Waals surface area contributed by atoms with Crippen LogP contribution in [0.15, 0.2) is 29.2 Å². The number of halogens is 17. The van der Waals surface area contributed by atoms with Crippen molar-refractivity contribution in [2.45, 2.75) is 58.7 Å². The highest BCUT2D eigenvalue weighted by Crippen LogP contribution is 2.64. The van der Waals surface area contributed by atoms with E-state index in [-0.39, 0.29) is 12.1 Å². The van der Waals surface area contributed by atoms with Gasteiger partial charge in [0.05, 0.1) is 4.90 Å². The van der Waals surface area contributed by atoms with Crippen molar-refractivity contribution >= 4 is 39.1 Å². The molecule has 0 fully saturated rings. The van der Waals surface area contributed by atoms with Crippen molar-refractivity contribution in [2.24, 2.45) is 0 Å². The molecule has 1 aromatic carbocycles. The summed E-state index contributed by atoms with van der Waals surface area (Å²) >= 11 is 3.42. The molecule has 0 aliphatic rings. The number of carbonyl (C=O) groups is 2. The largest absolute Gasteiger partial charge is 0.393 e. The van der Waals surface area contributed by atoms with Crippen LogP contribution in [-0.2, 0) is 19.6 Å². The fourth-order valence-corrected chi connectivity index (χ4v) is 3.59. The number of sulfonamides is 1. The van der Waals surface area contributed by atoms with Gasteiger partial charge in [-0.3, -0.25) is 9.59 Å². The zero-order chi connectivity index (χ0) is 33.1. The molecule has 236 valence electrons. The van der Waals surface area contributed by atoms with E-state index >= 15 is 0 Å². The van der Waals surface area contributed by atoms with Crippen LogP contribution in [0.25, 0.3) is 0 Å². The first-order valence-corrected chi connectivity index (χ1v) is 11.3. The molecule has 0 spiro atoms. The predicted octanol–water partition coefficient (Wildman–Crippen LogP) is 5.73. The lowest BCUT2D eigenvalue weighted by molar-refractivity contribution is -0.445. The lowest BCUT2D eigenvalue weighted by atomic mass is 9.89. The number of hydrogen-bond donors (Lipinski definition) is 2. The standard InChI is InChI=1S/C17H9ClF16N2O4S/c1-6(37)36-41(39,40)8-4-2-7(3-5-8)35-9(38)10(19,20)11(21,22)12(23,24)13(25,26)14(27,28)15(29,30)16(31,32)17(18,33)34/h2-5H,1H3,(H,35,38)(H,36,37). The third-order valence-electron chi connectivity index (χ3n) is 4.71. The van der Waals surface area contributed by atoms with Crippen molar-refractivity contribution in [3.8, 4) is 0 Å². The molecule has 1 aromatic rings. The minimum Gasteiger partial charge on any atom is -0.321 e. The summed E-state index contributed by atoms with van der Waals surface area (Å²) in [5.74, 6) is -62.7. The van der Waals surface area contributed by atoms with E-state index in [1.807, 2.05) is 0 Å². The highest BCUT2D eigenvalue weighted by molar-refractivity contribution is 7.90. The maximum absolute atomic E-state index is 14.0. The Labute approximate surface area is 221 Å². The molecule has 0 saturated carbocycles. The van der Waals surface area contributed by atoms with Crippen molar-refractivity contribution in [2.75, 3.05) is 5.32 Å². The second kappa shape index (κ2) is 10.2. The van der Waals surface area contributed by atoms with Crippen LogP contribution in [0.4, 0.5) is 75.9 Å². The van der Waals surface area contributed by atoms with Gasteiger partial charge in [-0.1, -0.05) is 0 Å². The van der Waals surface area contributed by atoms with Gasteiger partial charge in [0.2, 0.25) is 5.91 Å². The maximum atomic E-state index is 14.0. The van der Waals surface area contributed by atoms with Crippen molar-refractivity contribution in [3.05, 3.63) is 24.3 Å². The zero-order valence-corrected chi connectivity index (χ0v) is 20.3. The summed E-state index contributed by atoms with van der Waals surface area (Å²) in [6.07, 6.45) is 0. The third-order valence-corrected chi connectivity index (χ3v) is 6.39. The van der Waals surface area contributed by atoms with Crippen LogP contribution in [0.5, 0.6) is 0 Å². The Morgan fingerprint density at radius 3 is 1.32 bits per heavy atom. The van der Waals surface area contributed by atoms with Crippen molar-refractivity contribution in [1.29, 1.82) is 0 Å². The summed E-state index contributed by atoms with van der Waals surface area (Å²) in [5.41, 5.74) is -1.22. The molecule has 24 heteroatoms. The maximum Gasteiger partial charge on any atom is 0.393 e. The minimum atomic E-state index is -8.73. The van der Waals surface area contributed by atoms with E-state index in [0.717, 1.165) is 0 Å². The van der Waals surface area contributed by atoms with E-state index in [9.17, 15) is 88.3 Å². The summed E-state index contributed by atoms with van der Waals surface area (Å²) < 4.78 is 241. The molecule has 0 unspecified atom stereocenters. The van der Waals surface area contributed by atoms with E-state index < -0.39 is 79.3 Å². The second-order valence-electron chi connectivity index (χ2n) is 7.66. The first-order chi connectivity index (χ1) is 17.8. The van der Waals surface area contributed by atoms with Crippen LogP contribution in [0.1, 0.15) is 6.92 Å². The summed E-state index contributed by atoms with van der Waals surface area (Å²) in [4.78, 5) is 21.5. The fraction of sp³-hybridized carbons (Fsp3) is 0.529. The molecular weight excluding hydrogens is 668 g/mol. The monoisotopic (exact) mass is 676 g/mol. The molecule has 2 N–H and O–H groups in total. The number of carbonyl (C=O) groups excluding carboxylic acids is 2. The minimum absolute atomic E-state index is 0.247. The van der Waals surface area contributed by atoms with Gasteiger partial charge in [0, 0.05) is 12.6 Å². The number of hydrogen-bond acceptors (Lipinski definition) is 4. The molecular formula is C17H9ClF16N2O4S. The van der Waals surface area contributed by atoms with Crippen molar-refractivity contribution in [1.82, 2.24) is 4.72 Å². The molecule has 0 bridgehead atoms. The van der Waals surface area contributed by atoms with Crippen LogP contribution in [-0.4, -0.2) is 67.1 Å². The molecule has 0 radical (unpaired) electrons. The van der Waals surface area contributed by atoms with E-state index in [2.05, 4.69) is 11.6 Å².